The van der Waals surface area contributed by atoms with E-state index in [0.29, 0.717) is 24.7 Å². The molecule has 2 aliphatic rings. The van der Waals surface area contributed by atoms with E-state index in [4.69, 9.17) is 9.47 Å². The van der Waals surface area contributed by atoms with Crippen molar-refractivity contribution in [1.29, 1.82) is 0 Å². The summed E-state index contributed by atoms with van der Waals surface area (Å²) in [6.07, 6.45) is 8.36. The molecule has 2 aliphatic heterocycles. The number of carbonyl (C=O) groups excluding carboxylic acids is 1. The number of rotatable bonds is 4. The summed E-state index contributed by atoms with van der Waals surface area (Å²) in [6, 6.07) is 7.44. The maximum absolute atomic E-state index is 12.8. The Hall–Kier alpha value is -3.62. The number of ether oxygens (including phenoxy) is 2. The molecule has 0 aliphatic carbocycles. The number of fused-ring (bicyclic) bond motifs is 1. The molecule has 0 spiro atoms. The first kappa shape index (κ1) is 18.4. The number of nitrogens with one attached hydrogen (secondary N) is 1. The first-order valence-electron chi connectivity index (χ1n) is 10.0. The molecular weight excluding hydrogens is 384 g/mol. The lowest BCUT2D eigenvalue weighted by Gasteiger charge is -2.32. The molecule has 9 heteroatoms. The molecule has 0 radical (unpaired) electrons. The van der Waals surface area contributed by atoms with Crippen LogP contribution in [-0.4, -0.2) is 51.7 Å². The molecule has 1 aromatic carbocycles. The number of amides is 1. The van der Waals surface area contributed by atoms with E-state index in [1.807, 2.05) is 35.0 Å². The van der Waals surface area contributed by atoms with Gasteiger partial charge < -0.3 is 19.7 Å². The highest BCUT2D eigenvalue weighted by atomic mass is 16.6. The molecular formula is C21H22N6O3. The number of nitrogens with zero attached hydrogens (tertiary/aromatic N) is 5. The highest BCUT2D eigenvalue weighted by Crippen LogP contribution is 2.33. The van der Waals surface area contributed by atoms with Crippen molar-refractivity contribution in [3.05, 3.63) is 49.3 Å². The summed E-state index contributed by atoms with van der Waals surface area (Å²) < 4.78 is 13.0. The van der Waals surface area contributed by atoms with Gasteiger partial charge in [0.1, 0.15) is 37.5 Å². The van der Waals surface area contributed by atoms with Gasteiger partial charge >= 0.3 is 0 Å². The van der Waals surface area contributed by atoms with Gasteiger partial charge in [-0.25, -0.2) is 15.0 Å². The fourth-order valence-electron chi connectivity index (χ4n) is 3.78. The second-order valence-electron chi connectivity index (χ2n) is 7.31. The smallest absolute Gasteiger partial charge is 0.227 e. The third-order valence-electron chi connectivity index (χ3n) is 5.41. The molecule has 0 saturated carbocycles. The second kappa shape index (κ2) is 8.02. The zero-order valence-electron chi connectivity index (χ0n) is 16.4. The zero-order valence-corrected chi connectivity index (χ0v) is 16.4. The number of anilines is 2. The van der Waals surface area contributed by atoms with Crippen molar-refractivity contribution in [2.75, 3.05) is 36.5 Å². The van der Waals surface area contributed by atoms with E-state index >= 15 is 0 Å². The van der Waals surface area contributed by atoms with Crippen LogP contribution < -0.4 is 19.7 Å². The predicted octanol–water partition coefficient (Wildman–Crippen LogP) is 2.29. The number of aromatic nitrogens is 4. The molecule has 9 nitrogen and oxygen atoms in total. The maximum Gasteiger partial charge on any atom is 0.227 e. The lowest BCUT2D eigenvalue weighted by molar-refractivity contribution is -0.120. The second-order valence-corrected chi connectivity index (χ2v) is 7.31. The molecule has 1 fully saturated rings. The van der Waals surface area contributed by atoms with Gasteiger partial charge in [0.2, 0.25) is 5.91 Å². The molecule has 0 bridgehead atoms. The van der Waals surface area contributed by atoms with E-state index in [9.17, 15) is 4.79 Å². The first-order chi connectivity index (χ1) is 14.8. The van der Waals surface area contributed by atoms with E-state index < -0.39 is 0 Å². The van der Waals surface area contributed by atoms with Crippen molar-refractivity contribution in [3.8, 4) is 17.3 Å². The van der Waals surface area contributed by atoms with Crippen LogP contribution in [0.1, 0.15) is 12.8 Å². The highest BCUT2D eigenvalue weighted by molar-refractivity contribution is 5.93. The number of benzene rings is 1. The first-order valence-corrected chi connectivity index (χ1v) is 10.0. The number of piperidine rings is 1. The molecule has 154 valence electrons. The fraction of sp³-hybridized carbons (Fsp3) is 0.333. The van der Waals surface area contributed by atoms with E-state index in [0.717, 1.165) is 43.3 Å². The number of carbonyl (C=O) groups is 1. The summed E-state index contributed by atoms with van der Waals surface area (Å²) in [5, 5.41) is 3.02. The Labute approximate surface area is 173 Å². The van der Waals surface area contributed by atoms with Crippen molar-refractivity contribution in [2.45, 2.75) is 12.8 Å². The molecule has 1 N–H and O–H groups in total. The van der Waals surface area contributed by atoms with Gasteiger partial charge in [0.15, 0.2) is 11.5 Å². The fourth-order valence-corrected chi connectivity index (χ4v) is 3.78. The Morgan fingerprint density at radius 2 is 1.83 bits per heavy atom. The van der Waals surface area contributed by atoms with Crippen LogP contribution in [0.25, 0.3) is 5.82 Å². The minimum atomic E-state index is -0.0376. The van der Waals surface area contributed by atoms with E-state index in [2.05, 4.69) is 25.2 Å². The summed E-state index contributed by atoms with van der Waals surface area (Å²) in [5.74, 6) is 3.02. The van der Waals surface area contributed by atoms with Gasteiger partial charge in [-0.15, -0.1) is 0 Å². The minimum Gasteiger partial charge on any atom is -0.486 e. The van der Waals surface area contributed by atoms with Crippen molar-refractivity contribution in [3.63, 3.8) is 0 Å². The van der Waals surface area contributed by atoms with Crippen LogP contribution in [-0.2, 0) is 4.79 Å². The standard InChI is InChI=1S/C21H22N6O3/c28-21(25-16-1-2-17-18(11-16)30-10-9-29-17)15-3-6-26(7-4-15)19-12-20(24-13-23-19)27-8-5-22-14-27/h1-2,5,8,11-15H,3-4,6-7,9-10H2,(H,25,28). The summed E-state index contributed by atoms with van der Waals surface area (Å²) in [7, 11) is 0. The Balaban J connectivity index is 1.20. The van der Waals surface area contributed by atoms with Crippen LogP contribution in [0.5, 0.6) is 11.5 Å². The number of hydrogen-bond acceptors (Lipinski definition) is 7. The van der Waals surface area contributed by atoms with Crippen LogP contribution in [0.15, 0.2) is 49.3 Å². The van der Waals surface area contributed by atoms with Crippen molar-refractivity contribution < 1.29 is 14.3 Å². The van der Waals surface area contributed by atoms with Crippen molar-refractivity contribution in [2.24, 2.45) is 5.92 Å². The Kier molecular flexibility index (Phi) is 4.92. The number of imidazole rings is 1. The normalized spacial score (nSPS) is 16.3. The Bertz CT molecular complexity index is 1030. The van der Waals surface area contributed by atoms with E-state index in [1.165, 1.54) is 0 Å². The highest BCUT2D eigenvalue weighted by Gasteiger charge is 2.26. The third kappa shape index (κ3) is 3.78. The van der Waals surface area contributed by atoms with Crippen LogP contribution >= 0.6 is 0 Å². The molecule has 4 heterocycles. The van der Waals surface area contributed by atoms with E-state index in [1.54, 1.807) is 18.9 Å². The molecule has 3 aromatic rings. The minimum absolute atomic E-state index is 0.0353. The summed E-state index contributed by atoms with van der Waals surface area (Å²) in [5.41, 5.74) is 0.729. The summed E-state index contributed by atoms with van der Waals surface area (Å²) in [6.45, 7) is 2.60. The van der Waals surface area contributed by atoms with Gasteiger partial charge in [0, 0.05) is 49.2 Å². The summed E-state index contributed by atoms with van der Waals surface area (Å²) >= 11 is 0. The van der Waals surface area contributed by atoms with Gasteiger partial charge in [0.25, 0.3) is 0 Å². The van der Waals surface area contributed by atoms with Crippen LogP contribution in [0.2, 0.25) is 0 Å². The van der Waals surface area contributed by atoms with Gasteiger partial charge in [-0.05, 0) is 25.0 Å². The van der Waals surface area contributed by atoms with Gasteiger partial charge in [-0.1, -0.05) is 0 Å². The van der Waals surface area contributed by atoms with Crippen molar-refractivity contribution >= 4 is 17.4 Å². The van der Waals surface area contributed by atoms with Crippen molar-refractivity contribution in [1.82, 2.24) is 19.5 Å². The average Bonchev–Trinajstić information content (AvgIpc) is 3.34. The third-order valence-corrected chi connectivity index (χ3v) is 5.41. The Morgan fingerprint density at radius 1 is 1.03 bits per heavy atom. The maximum atomic E-state index is 12.8. The molecule has 0 unspecified atom stereocenters. The molecule has 30 heavy (non-hydrogen) atoms. The summed E-state index contributed by atoms with van der Waals surface area (Å²) in [4.78, 5) is 27.7. The average molecular weight is 406 g/mol. The van der Waals surface area contributed by atoms with Gasteiger partial charge in [-0.3, -0.25) is 9.36 Å². The topological polar surface area (TPSA) is 94.4 Å². The lowest BCUT2D eigenvalue weighted by Crippen LogP contribution is -2.38. The SMILES string of the molecule is O=C(Nc1ccc2c(c1)OCCO2)C1CCN(c2cc(-n3ccnc3)ncn2)CC1. The van der Waals surface area contributed by atoms with Crippen LogP contribution in [0.3, 0.4) is 0 Å². The lowest BCUT2D eigenvalue weighted by atomic mass is 9.95. The molecule has 2 aromatic heterocycles. The molecule has 5 rings (SSSR count). The predicted molar refractivity (Wildman–Crippen MR) is 110 cm³/mol. The van der Waals surface area contributed by atoms with E-state index in [-0.39, 0.29) is 11.8 Å². The van der Waals surface area contributed by atoms with Crippen LogP contribution in [0, 0.1) is 5.92 Å². The monoisotopic (exact) mass is 406 g/mol. The zero-order chi connectivity index (χ0) is 20.3. The number of hydrogen-bond donors (Lipinski definition) is 1. The quantitative estimate of drug-likeness (QED) is 0.710. The molecule has 1 saturated heterocycles. The van der Waals surface area contributed by atoms with Crippen LogP contribution in [0.4, 0.5) is 11.5 Å². The Morgan fingerprint density at radius 3 is 2.63 bits per heavy atom. The molecule has 0 atom stereocenters. The van der Waals surface area contributed by atoms with Gasteiger partial charge in [-0.2, -0.15) is 0 Å². The van der Waals surface area contributed by atoms with Gasteiger partial charge in [0.05, 0.1) is 0 Å². The molecule has 1 amide bonds. The largest absolute Gasteiger partial charge is 0.486 e.